The smallest absolute Gasteiger partial charge is 0.252 e. The van der Waals surface area contributed by atoms with Gasteiger partial charge in [-0.05, 0) is 118 Å². The Hall–Kier alpha value is -8.67. The van der Waals surface area contributed by atoms with Crippen molar-refractivity contribution in [1.82, 2.24) is 0 Å². The average molecular weight is 853 g/mol. The van der Waals surface area contributed by atoms with Gasteiger partial charge in [-0.25, -0.2) is 0 Å². The maximum absolute atomic E-state index is 7.16. The van der Waals surface area contributed by atoms with E-state index in [2.05, 4.69) is 250 Å². The summed E-state index contributed by atoms with van der Waals surface area (Å²) < 4.78 is 7.16. The van der Waals surface area contributed by atoms with Gasteiger partial charge in [-0.1, -0.05) is 133 Å². The number of benzene rings is 10. The summed E-state index contributed by atoms with van der Waals surface area (Å²) in [5.41, 5.74) is 23.3. The topological polar surface area (TPSA) is 26.1 Å². The number of nitrogens with zero attached hydrogens (tertiary/aromatic N) is 4. The lowest BCUT2D eigenvalue weighted by Crippen LogP contribution is -2.61. The standard InChI is InChI=1S/C60H38B2N4O/c1-5-19-39(20-6-1)63-49-29-15-13-27-45(49)61-47-35-43-44-36-48-56(38-58(44)67-57(43)37-55(47)65(41-23-9-3-10-24-41)53-33-17-31-51(63)59(53)61)66(42-25-11-4-12-26-42)54-34-18-32-52-60(54)62(48)46-28-14-16-30-50(46)64(52)40-21-7-2-8-22-40/h1-38H. The zero-order valence-corrected chi connectivity index (χ0v) is 36.3. The maximum Gasteiger partial charge on any atom is 0.252 e. The fourth-order valence-corrected chi connectivity index (χ4v) is 12.0. The molecule has 7 heteroatoms. The highest BCUT2D eigenvalue weighted by molar-refractivity contribution is 7.01. The van der Waals surface area contributed by atoms with Crippen LogP contribution in [0.15, 0.2) is 235 Å². The molecule has 67 heavy (non-hydrogen) atoms. The third kappa shape index (κ3) is 5.11. The van der Waals surface area contributed by atoms with Crippen molar-refractivity contribution in [1.29, 1.82) is 0 Å². The van der Waals surface area contributed by atoms with Crippen molar-refractivity contribution in [3.63, 3.8) is 0 Å². The van der Waals surface area contributed by atoms with Gasteiger partial charge in [0.05, 0.1) is 0 Å². The van der Waals surface area contributed by atoms with Crippen LogP contribution in [-0.2, 0) is 0 Å². The Morgan fingerprint density at radius 3 is 0.910 bits per heavy atom. The molecule has 0 saturated carbocycles. The summed E-state index contributed by atoms with van der Waals surface area (Å²) in [4.78, 5) is 9.79. The molecule has 0 unspecified atom stereocenters. The fourth-order valence-electron chi connectivity index (χ4n) is 12.0. The van der Waals surface area contributed by atoms with E-state index in [1.54, 1.807) is 0 Å². The quantitative estimate of drug-likeness (QED) is 0.164. The second-order valence-corrected chi connectivity index (χ2v) is 18.0. The molecule has 310 valence electrons. The van der Waals surface area contributed by atoms with Crippen LogP contribution < -0.4 is 52.4 Å². The van der Waals surface area contributed by atoms with Crippen molar-refractivity contribution >= 4 is 136 Å². The van der Waals surface area contributed by atoms with E-state index in [1.165, 1.54) is 66.9 Å². The molecule has 5 heterocycles. The molecule has 15 rings (SSSR count). The molecule has 1 aromatic heterocycles. The molecule has 0 spiro atoms. The highest BCUT2D eigenvalue weighted by atomic mass is 16.3. The lowest BCUT2D eigenvalue weighted by atomic mass is 9.33. The minimum absolute atomic E-state index is 0.0125. The van der Waals surface area contributed by atoms with Crippen LogP contribution in [0.4, 0.5) is 68.2 Å². The number of furan rings is 1. The van der Waals surface area contributed by atoms with Crippen LogP contribution in [0.1, 0.15) is 0 Å². The first-order chi connectivity index (χ1) is 33.3. The van der Waals surface area contributed by atoms with Gasteiger partial charge in [-0.3, -0.25) is 0 Å². The molecular formula is C60H38B2N4O. The van der Waals surface area contributed by atoms with Gasteiger partial charge in [0.1, 0.15) is 11.2 Å². The van der Waals surface area contributed by atoms with E-state index in [0.29, 0.717) is 0 Å². The van der Waals surface area contributed by atoms with Crippen molar-refractivity contribution in [3.05, 3.63) is 231 Å². The van der Waals surface area contributed by atoms with Crippen LogP contribution in [-0.4, -0.2) is 13.4 Å². The van der Waals surface area contributed by atoms with Gasteiger partial charge < -0.3 is 24.0 Å². The van der Waals surface area contributed by atoms with Crippen LogP contribution in [0.25, 0.3) is 21.9 Å². The molecule has 0 atom stereocenters. The zero-order chi connectivity index (χ0) is 43.7. The van der Waals surface area contributed by atoms with E-state index in [0.717, 1.165) is 56.1 Å². The highest BCUT2D eigenvalue weighted by Gasteiger charge is 2.45. The molecule has 0 radical (unpaired) electrons. The van der Waals surface area contributed by atoms with Crippen molar-refractivity contribution < 1.29 is 4.42 Å². The molecular weight excluding hydrogens is 814 g/mol. The van der Waals surface area contributed by atoms with Gasteiger partial charge in [-0.15, -0.1) is 0 Å². The monoisotopic (exact) mass is 852 g/mol. The Morgan fingerprint density at radius 1 is 0.254 bits per heavy atom. The summed E-state index contributed by atoms with van der Waals surface area (Å²) in [5, 5.41) is 2.24. The molecule has 0 amide bonds. The summed E-state index contributed by atoms with van der Waals surface area (Å²) >= 11 is 0. The second kappa shape index (κ2) is 13.9. The Balaban J connectivity index is 1.01. The minimum Gasteiger partial charge on any atom is -0.456 e. The van der Waals surface area contributed by atoms with E-state index in [9.17, 15) is 0 Å². The van der Waals surface area contributed by atoms with E-state index < -0.39 is 0 Å². The van der Waals surface area contributed by atoms with Crippen LogP contribution in [0.2, 0.25) is 0 Å². The van der Waals surface area contributed by atoms with Crippen molar-refractivity contribution in [2.45, 2.75) is 0 Å². The first-order valence-corrected chi connectivity index (χ1v) is 23.2. The molecule has 11 aromatic rings. The maximum atomic E-state index is 7.16. The van der Waals surface area contributed by atoms with Crippen molar-refractivity contribution in [2.75, 3.05) is 19.6 Å². The third-order valence-electron chi connectivity index (χ3n) is 14.6. The third-order valence-corrected chi connectivity index (χ3v) is 14.6. The number of hydrogen-bond donors (Lipinski definition) is 0. The van der Waals surface area contributed by atoms with Gasteiger partial charge in [-0.2, -0.15) is 0 Å². The number of fused-ring (bicyclic) bond motifs is 11. The highest BCUT2D eigenvalue weighted by Crippen LogP contribution is 2.48. The Labute approximate surface area is 389 Å². The van der Waals surface area contributed by atoms with Crippen LogP contribution in [0, 0.1) is 0 Å². The summed E-state index contributed by atoms with van der Waals surface area (Å²) in [6.45, 7) is -0.0250. The largest absolute Gasteiger partial charge is 0.456 e. The molecule has 10 aromatic carbocycles. The SMILES string of the molecule is c1ccc(N2c3ccccc3B3c4cc5c(cc4N(c4ccccc4)c4cccc2c43)oc2cc3c(cc25)B2c4ccccc4N(c4ccccc4)c4cccc(c42)N3c2ccccc2)cc1. The number of anilines is 12. The van der Waals surface area contributed by atoms with Crippen molar-refractivity contribution in [2.24, 2.45) is 0 Å². The summed E-state index contributed by atoms with van der Waals surface area (Å²) in [6, 6.07) is 84.3. The summed E-state index contributed by atoms with van der Waals surface area (Å²) in [5.74, 6) is 0. The average Bonchev–Trinajstić information content (AvgIpc) is 3.74. The van der Waals surface area contributed by atoms with Crippen LogP contribution in [0.5, 0.6) is 0 Å². The van der Waals surface area contributed by atoms with E-state index >= 15 is 0 Å². The van der Waals surface area contributed by atoms with E-state index in [-0.39, 0.29) is 13.4 Å². The van der Waals surface area contributed by atoms with Gasteiger partial charge in [0.2, 0.25) is 0 Å². The predicted molar refractivity (Wildman–Crippen MR) is 282 cm³/mol. The lowest BCUT2D eigenvalue weighted by Gasteiger charge is -2.44. The predicted octanol–water partition coefficient (Wildman–Crippen LogP) is 11.8. The van der Waals surface area contributed by atoms with E-state index in [4.69, 9.17) is 4.42 Å². The van der Waals surface area contributed by atoms with Crippen LogP contribution >= 0.6 is 0 Å². The number of rotatable bonds is 4. The Bertz CT molecular complexity index is 3560. The first-order valence-electron chi connectivity index (χ1n) is 23.2. The summed E-state index contributed by atoms with van der Waals surface area (Å²) in [6.07, 6.45) is 0. The molecule has 4 aliphatic heterocycles. The van der Waals surface area contributed by atoms with Gasteiger partial charge >= 0.3 is 0 Å². The van der Waals surface area contributed by atoms with Crippen LogP contribution in [0.3, 0.4) is 0 Å². The van der Waals surface area contributed by atoms with Gasteiger partial charge in [0.25, 0.3) is 13.4 Å². The fraction of sp³-hybridized carbons (Fsp3) is 0. The molecule has 0 N–H and O–H groups in total. The Kier molecular flexibility index (Phi) is 7.61. The number of hydrogen-bond acceptors (Lipinski definition) is 5. The molecule has 0 aliphatic carbocycles. The molecule has 0 fully saturated rings. The summed E-state index contributed by atoms with van der Waals surface area (Å²) in [7, 11) is 0. The molecule has 0 bridgehead atoms. The second-order valence-electron chi connectivity index (χ2n) is 18.0. The van der Waals surface area contributed by atoms with Gasteiger partial charge in [0, 0.05) is 91.2 Å². The normalized spacial score (nSPS) is 13.8. The first kappa shape index (κ1) is 36.6. The lowest BCUT2D eigenvalue weighted by molar-refractivity contribution is 0.669. The van der Waals surface area contributed by atoms with Gasteiger partial charge in [0.15, 0.2) is 0 Å². The minimum atomic E-state index is -0.0125. The number of para-hydroxylation sites is 6. The molecule has 5 nitrogen and oxygen atoms in total. The van der Waals surface area contributed by atoms with Crippen molar-refractivity contribution in [3.8, 4) is 0 Å². The van der Waals surface area contributed by atoms with E-state index in [1.807, 2.05) is 0 Å². The molecule has 0 saturated heterocycles. The molecule has 4 aliphatic rings. The Morgan fingerprint density at radius 2 is 0.552 bits per heavy atom. The zero-order valence-electron chi connectivity index (χ0n) is 36.3.